The third-order valence-corrected chi connectivity index (χ3v) is 5.37. The monoisotopic (exact) mass is 380 g/mol. The highest BCUT2D eigenvalue weighted by molar-refractivity contribution is 7.07. The van der Waals surface area contributed by atoms with Crippen LogP contribution in [0.2, 0.25) is 0 Å². The Hall–Kier alpha value is -3.19. The molecular weight excluding hydrogens is 364 g/mol. The number of hydrogen-bond acceptors (Lipinski definition) is 6. The van der Waals surface area contributed by atoms with Crippen molar-refractivity contribution in [2.45, 2.75) is 13.0 Å². The normalized spacial score (nSPS) is 16.8. The summed E-state index contributed by atoms with van der Waals surface area (Å²) in [7, 11) is 1.33. The molecule has 2 aromatic heterocycles. The SMILES string of the molecule is COC(=O)C1=C(C)N=c2sc(=Cc3ccoc3)c(=O)n2[C@@H]1c1ccccc1. The van der Waals surface area contributed by atoms with Crippen LogP contribution < -0.4 is 14.9 Å². The highest BCUT2D eigenvalue weighted by Gasteiger charge is 2.32. The minimum absolute atomic E-state index is 0.206. The number of benzene rings is 1. The standard InChI is InChI=1S/C20H16N2O4S/c1-12-16(19(24)25-2)17(14-6-4-3-5-7-14)22-18(23)15(27-20(22)21-12)10-13-8-9-26-11-13/h3-11,17H,1-2H3/t17-/m1/s1. The lowest BCUT2D eigenvalue weighted by atomic mass is 9.96. The Morgan fingerprint density at radius 3 is 2.74 bits per heavy atom. The van der Waals surface area contributed by atoms with Gasteiger partial charge in [0.1, 0.15) is 0 Å². The summed E-state index contributed by atoms with van der Waals surface area (Å²) in [6.45, 7) is 1.76. The summed E-state index contributed by atoms with van der Waals surface area (Å²) in [5, 5.41) is 0. The van der Waals surface area contributed by atoms with E-state index in [9.17, 15) is 9.59 Å². The van der Waals surface area contributed by atoms with Crippen LogP contribution in [-0.2, 0) is 9.53 Å². The molecule has 0 saturated heterocycles. The summed E-state index contributed by atoms with van der Waals surface area (Å²) in [6, 6.07) is 10.6. The molecule has 27 heavy (non-hydrogen) atoms. The number of fused-ring (bicyclic) bond motifs is 1. The van der Waals surface area contributed by atoms with Crippen LogP contribution in [0.15, 0.2) is 74.4 Å². The van der Waals surface area contributed by atoms with E-state index in [1.165, 1.54) is 18.4 Å². The summed E-state index contributed by atoms with van der Waals surface area (Å²) in [5.74, 6) is -0.491. The minimum Gasteiger partial charge on any atom is -0.472 e. The number of carbonyl (C=O) groups excluding carboxylic acids is 1. The lowest BCUT2D eigenvalue weighted by molar-refractivity contribution is -0.136. The van der Waals surface area contributed by atoms with E-state index in [4.69, 9.17) is 9.15 Å². The number of aromatic nitrogens is 1. The van der Waals surface area contributed by atoms with Crippen LogP contribution in [0.25, 0.3) is 6.08 Å². The van der Waals surface area contributed by atoms with Crippen LogP contribution in [0.4, 0.5) is 0 Å². The lowest BCUT2D eigenvalue weighted by Crippen LogP contribution is -2.39. The molecule has 6 nitrogen and oxygen atoms in total. The molecule has 0 bridgehead atoms. The second kappa shape index (κ2) is 6.85. The number of allylic oxidation sites excluding steroid dienone is 1. The Balaban J connectivity index is 2.00. The van der Waals surface area contributed by atoms with Crippen molar-refractivity contribution >= 4 is 23.4 Å². The smallest absolute Gasteiger partial charge is 0.338 e. The van der Waals surface area contributed by atoms with Crippen LogP contribution >= 0.6 is 11.3 Å². The lowest BCUT2D eigenvalue weighted by Gasteiger charge is -2.24. The molecule has 0 amide bonds. The zero-order valence-corrected chi connectivity index (χ0v) is 15.5. The van der Waals surface area contributed by atoms with Crippen LogP contribution in [0, 0.1) is 0 Å². The van der Waals surface area contributed by atoms with Crippen molar-refractivity contribution in [1.82, 2.24) is 4.57 Å². The van der Waals surface area contributed by atoms with Crippen LogP contribution in [0.5, 0.6) is 0 Å². The van der Waals surface area contributed by atoms with E-state index in [-0.39, 0.29) is 5.56 Å². The van der Waals surface area contributed by atoms with Crippen molar-refractivity contribution in [3.63, 3.8) is 0 Å². The average molecular weight is 380 g/mol. The number of methoxy groups -OCH3 is 1. The van der Waals surface area contributed by atoms with Gasteiger partial charge >= 0.3 is 5.97 Å². The first kappa shape index (κ1) is 17.2. The Morgan fingerprint density at radius 2 is 2.07 bits per heavy atom. The second-order valence-corrected chi connectivity index (χ2v) is 7.05. The topological polar surface area (TPSA) is 73.8 Å². The van der Waals surface area contributed by atoms with Crippen LogP contribution in [0.3, 0.4) is 0 Å². The first-order chi connectivity index (χ1) is 13.1. The summed E-state index contributed by atoms with van der Waals surface area (Å²) in [5.41, 5.74) is 2.32. The van der Waals surface area contributed by atoms with Crippen LogP contribution in [0.1, 0.15) is 24.1 Å². The van der Waals surface area contributed by atoms with Gasteiger partial charge in [0.15, 0.2) is 4.80 Å². The van der Waals surface area contributed by atoms with Gasteiger partial charge in [0.25, 0.3) is 5.56 Å². The molecule has 0 radical (unpaired) electrons. The number of hydrogen-bond donors (Lipinski definition) is 0. The first-order valence-electron chi connectivity index (χ1n) is 8.28. The van der Waals surface area contributed by atoms with E-state index >= 15 is 0 Å². The fourth-order valence-electron chi connectivity index (χ4n) is 3.15. The van der Waals surface area contributed by atoms with E-state index in [2.05, 4.69) is 4.99 Å². The molecule has 1 aliphatic heterocycles. The maximum absolute atomic E-state index is 13.2. The van der Waals surface area contributed by atoms with Gasteiger partial charge < -0.3 is 9.15 Å². The van der Waals surface area contributed by atoms with Crippen molar-refractivity contribution in [1.29, 1.82) is 0 Å². The molecule has 136 valence electrons. The molecule has 3 aromatic rings. The van der Waals surface area contributed by atoms with E-state index in [1.54, 1.807) is 36.2 Å². The minimum atomic E-state index is -0.582. The first-order valence-corrected chi connectivity index (χ1v) is 9.10. The predicted octanol–water partition coefficient (Wildman–Crippen LogP) is 2.00. The average Bonchev–Trinajstić information content (AvgIpc) is 3.29. The van der Waals surface area contributed by atoms with Crippen molar-refractivity contribution in [2.24, 2.45) is 4.99 Å². The third-order valence-electron chi connectivity index (χ3n) is 4.38. The van der Waals surface area contributed by atoms with Gasteiger partial charge in [0.2, 0.25) is 0 Å². The number of rotatable bonds is 3. The van der Waals surface area contributed by atoms with Gasteiger partial charge in [-0.3, -0.25) is 9.36 Å². The molecule has 0 unspecified atom stereocenters. The number of nitrogens with zero attached hydrogens (tertiary/aromatic N) is 2. The predicted molar refractivity (Wildman–Crippen MR) is 101 cm³/mol. The summed E-state index contributed by atoms with van der Waals surface area (Å²) in [4.78, 5) is 30.7. The van der Waals surface area contributed by atoms with Crippen molar-refractivity contribution in [3.05, 3.63) is 91.0 Å². The summed E-state index contributed by atoms with van der Waals surface area (Å²) >= 11 is 1.28. The molecular formula is C20H16N2O4S. The van der Waals surface area contributed by atoms with E-state index < -0.39 is 12.0 Å². The zero-order valence-electron chi connectivity index (χ0n) is 14.7. The maximum atomic E-state index is 13.2. The second-order valence-electron chi connectivity index (χ2n) is 6.04. The zero-order chi connectivity index (χ0) is 19.0. The van der Waals surface area contributed by atoms with Crippen LogP contribution in [-0.4, -0.2) is 17.6 Å². The highest BCUT2D eigenvalue weighted by atomic mass is 32.1. The Morgan fingerprint density at radius 1 is 1.30 bits per heavy atom. The number of thiazole rings is 1. The molecule has 4 rings (SSSR count). The maximum Gasteiger partial charge on any atom is 0.338 e. The molecule has 1 aliphatic rings. The number of esters is 1. The molecule has 0 fully saturated rings. The van der Waals surface area contributed by atoms with E-state index in [0.29, 0.717) is 20.6 Å². The molecule has 0 saturated carbocycles. The molecule has 7 heteroatoms. The van der Waals surface area contributed by atoms with Gasteiger partial charge in [-0.15, -0.1) is 0 Å². The van der Waals surface area contributed by atoms with Gasteiger partial charge in [-0.1, -0.05) is 41.7 Å². The fraction of sp³-hybridized carbons (Fsp3) is 0.150. The third kappa shape index (κ3) is 2.96. The number of furan rings is 1. The summed E-state index contributed by atoms with van der Waals surface area (Å²) in [6.07, 6.45) is 4.87. The summed E-state index contributed by atoms with van der Waals surface area (Å²) < 4.78 is 12.1. The molecule has 0 spiro atoms. The van der Waals surface area contributed by atoms with E-state index in [1.807, 2.05) is 30.3 Å². The molecule has 3 heterocycles. The van der Waals surface area contributed by atoms with E-state index in [0.717, 1.165) is 11.1 Å². The Kier molecular flexibility index (Phi) is 4.37. The molecule has 0 N–H and O–H groups in total. The highest BCUT2D eigenvalue weighted by Crippen LogP contribution is 2.30. The van der Waals surface area contributed by atoms with Gasteiger partial charge in [-0.2, -0.15) is 0 Å². The van der Waals surface area contributed by atoms with Gasteiger partial charge in [-0.05, 0) is 24.6 Å². The van der Waals surface area contributed by atoms with Gasteiger partial charge in [0, 0.05) is 5.56 Å². The van der Waals surface area contributed by atoms with Gasteiger partial charge in [0.05, 0.1) is 41.5 Å². The van der Waals surface area contributed by atoms with Crippen molar-refractivity contribution < 1.29 is 13.9 Å². The fourth-order valence-corrected chi connectivity index (χ4v) is 4.20. The Bertz CT molecular complexity index is 1200. The van der Waals surface area contributed by atoms with Gasteiger partial charge in [-0.25, -0.2) is 9.79 Å². The van der Waals surface area contributed by atoms with Crippen molar-refractivity contribution in [3.8, 4) is 0 Å². The largest absolute Gasteiger partial charge is 0.472 e. The number of ether oxygens (including phenoxy) is 1. The Labute approximate surface area is 158 Å². The quantitative estimate of drug-likeness (QED) is 0.652. The molecule has 1 atom stereocenters. The molecule has 0 aliphatic carbocycles. The molecule has 1 aromatic carbocycles. The number of carbonyl (C=O) groups is 1. The van der Waals surface area contributed by atoms with Crippen molar-refractivity contribution in [2.75, 3.05) is 7.11 Å².